The molecule has 3 rings (SSSR count). The number of ether oxygens (including phenoxy) is 3. The molecular formula is C22H28ClNO4. The van der Waals surface area contributed by atoms with Crippen LogP contribution in [0.15, 0.2) is 35.3 Å². The van der Waals surface area contributed by atoms with Crippen LogP contribution in [-0.2, 0) is 12.8 Å². The Balaban J connectivity index is 0.00000280. The molecule has 0 atom stereocenters. The molecule has 2 aromatic carbocycles. The Kier molecular flexibility index (Phi) is 8.00. The Hall–Kier alpha value is -2.40. The zero-order valence-electron chi connectivity index (χ0n) is 16.7. The Labute approximate surface area is 172 Å². The number of phenolic OH excluding ortho intramolecular Hbond substituents is 1. The van der Waals surface area contributed by atoms with Crippen LogP contribution in [-0.4, -0.2) is 37.2 Å². The predicted molar refractivity (Wildman–Crippen MR) is 114 cm³/mol. The fourth-order valence-corrected chi connectivity index (χ4v) is 3.30. The molecule has 0 amide bonds. The van der Waals surface area contributed by atoms with Crippen molar-refractivity contribution in [1.82, 2.24) is 0 Å². The highest BCUT2D eigenvalue weighted by Gasteiger charge is 2.19. The Morgan fingerprint density at radius 3 is 2.29 bits per heavy atom. The van der Waals surface area contributed by atoms with Crippen LogP contribution in [0.3, 0.4) is 0 Å². The number of hydrogen-bond donors (Lipinski definition) is 1. The summed E-state index contributed by atoms with van der Waals surface area (Å²) in [5, 5.41) is 10.3. The van der Waals surface area contributed by atoms with Gasteiger partial charge in [0.1, 0.15) is 0 Å². The maximum Gasteiger partial charge on any atom is 0.161 e. The summed E-state index contributed by atoms with van der Waals surface area (Å²) in [4.78, 5) is 4.71. The van der Waals surface area contributed by atoms with Gasteiger partial charge >= 0.3 is 0 Å². The molecule has 1 heterocycles. The standard InChI is InChI=1S/C22H27NO4.ClH/c1-4-25-20-8-7-15(12-22(20)27-6-3)11-18-17-14-19(24)21(26-5-2)13-16(17)9-10-23-18;/h7-8,12-14,24H,4-6,9-11H2,1-3H3;1H. The fourth-order valence-electron chi connectivity index (χ4n) is 3.30. The van der Waals surface area contributed by atoms with Gasteiger partial charge in [-0.05, 0) is 62.6 Å². The quantitative estimate of drug-likeness (QED) is 0.697. The van der Waals surface area contributed by atoms with Crippen molar-refractivity contribution in [2.24, 2.45) is 4.99 Å². The highest BCUT2D eigenvalue weighted by Crippen LogP contribution is 2.33. The number of nitrogens with zero attached hydrogens (tertiary/aromatic N) is 1. The van der Waals surface area contributed by atoms with Gasteiger partial charge in [-0.2, -0.15) is 0 Å². The molecule has 0 spiro atoms. The molecule has 0 saturated heterocycles. The number of phenols is 1. The zero-order valence-corrected chi connectivity index (χ0v) is 17.5. The largest absolute Gasteiger partial charge is 0.504 e. The summed E-state index contributed by atoms with van der Waals surface area (Å²) >= 11 is 0. The minimum absolute atomic E-state index is 0. The molecule has 1 aliphatic heterocycles. The molecule has 0 aromatic heterocycles. The second-order valence-electron chi connectivity index (χ2n) is 6.31. The number of aromatic hydroxyl groups is 1. The summed E-state index contributed by atoms with van der Waals surface area (Å²) in [5.74, 6) is 2.21. The number of hydrogen-bond acceptors (Lipinski definition) is 5. The monoisotopic (exact) mass is 405 g/mol. The van der Waals surface area contributed by atoms with Gasteiger partial charge < -0.3 is 19.3 Å². The molecule has 2 aromatic rings. The van der Waals surface area contributed by atoms with E-state index in [0.29, 0.717) is 32.0 Å². The number of fused-ring (bicyclic) bond motifs is 1. The third kappa shape index (κ3) is 4.90. The first-order chi connectivity index (χ1) is 13.2. The first kappa shape index (κ1) is 21.9. The molecule has 0 aliphatic carbocycles. The SMILES string of the molecule is CCOc1cc2c(cc1O)C(Cc1ccc(OCC)c(OCC)c1)=NCC2.Cl. The van der Waals surface area contributed by atoms with Crippen LogP contribution in [0.1, 0.15) is 37.5 Å². The zero-order chi connectivity index (χ0) is 19.2. The van der Waals surface area contributed by atoms with Crippen molar-refractivity contribution in [3.05, 3.63) is 47.0 Å². The van der Waals surface area contributed by atoms with Gasteiger partial charge in [-0.15, -0.1) is 12.4 Å². The molecular weight excluding hydrogens is 378 g/mol. The molecule has 6 heteroatoms. The predicted octanol–water partition coefficient (Wildman–Crippen LogP) is 4.60. The molecule has 0 unspecified atom stereocenters. The minimum atomic E-state index is 0. The van der Waals surface area contributed by atoms with Gasteiger partial charge in [0, 0.05) is 24.2 Å². The fraction of sp³-hybridized carbons (Fsp3) is 0.409. The lowest BCUT2D eigenvalue weighted by Crippen LogP contribution is -2.15. The molecule has 0 bridgehead atoms. The highest BCUT2D eigenvalue weighted by atomic mass is 35.5. The van der Waals surface area contributed by atoms with Gasteiger partial charge in [0.25, 0.3) is 0 Å². The lowest BCUT2D eigenvalue weighted by Gasteiger charge is -2.20. The van der Waals surface area contributed by atoms with Crippen LogP contribution in [0.5, 0.6) is 23.0 Å². The topological polar surface area (TPSA) is 60.3 Å². The Morgan fingerprint density at radius 2 is 1.57 bits per heavy atom. The van der Waals surface area contributed by atoms with Crippen molar-refractivity contribution < 1.29 is 19.3 Å². The van der Waals surface area contributed by atoms with Gasteiger partial charge in [0.05, 0.1) is 19.8 Å². The van der Waals surface area contributed by atoms with Crippen molar-refractivity contribution in [3.63, 3.8) is 0 Å². The van der Waals surface area contributed by atoms with Crippen molar-refractivity contribution in [3.8, 4) is 23.0 Å². The second-order valence-corrected chi connectivity index (χ2v) is 6.31. The lowest BCUT2D eigenvalue weighted by atomic mass is 9.93. The Morgan fingerprint density at radius 1 is 0.893 bits per heavy atom. The van der Waals surface area contributed by atoms with E-state index in [2.05, 4.69) is 0 Å². The first-order valence-corrected chi connectivity index (χ1v) is 9.57. The van der Waals surface area contributed by atoms with Crippen LogP contribution in [0.25, 0.3) is 0 Å². The van der Waals surface area contributed by atoms with Crippen LogP contribution in [0.4, 0.5) is 0 Å². The smallest absolute Gasteiger partial charge is 0.161 e. The molecule has 0 saturated carbocycles. The third-order valence-corrected chi connectivity index (χ3v) is 4.46. The van der Waals surface area contributed by atoms with Gasteiger partial charge in [-0.25, -0.2) is 0 Å². The lowest BCUT2D eigenvalue weighted by molar-refractivity contribution is 0.287. The maximum absolute atomic E-state index is 10.3. The normalized spacial score (nSPS) is 12.5. The van der Waals surface area contributed by atoms with Crippen LogP contribution in [0, 0.1) is 0 Å². The van der Waals surface area contributed by atoms with E-state index in [4.69, 9.17) is 19.2 Å². The van der Waals surface area contributed by atoms with Gasteiger partial charge in [0.2, 0.25) is 0 Å². The maximum atomic E-state index is 10.3. The molecule has 0 radical (unpaired) electrons. The number of benzene rings is 2. The van der Waals surface area contributed by atoms with E-state index in [9.17, 15) is 5.11 Å². The summed E-state index contributed by atoms with van der Waals surface area (Å²) in [5.41, 5.74) is 4.23. The summed E-state index contributed by atoms with van der Waals surface area (Å²) in [6.45, 7) is 8.28. The summed E-state index contributed by atoms with van der Waals surface area (Å²) in [7, 11) is 0. The van der Waals surface area contributed by atoms with Crippen molar-refractivity contribution >= 4 is 18.1 Å². The summed E-state index contributed by atoms with van der Waals surface area (Å²) < 4.78 is 16.9. The van der Waals surface area contributed by atoms with E-state index < -0.39 is 0 Å². The average Bonchev–Trinajstić information content (AvgIpc) is 2.66. The van der Waals surface area contributed by atoms with E-state index in [0.717, 1.165) is 46.9 Å². The first-order valence-electron chi connectivity index (χ1n) is 9.57. The number of halogens is 1. The van der Waals surface area contributed by atoms with Crippen molar-refractivity contribution in [2.45, 2.75) is 33.6 Å². The van der Waals surface area contributed by atoms with E-state index in [1.165, 1.54) is 0 Å². The third-order valence-electron chi connectivity index (χ3n) is 4.46. The molecule has 28 heavy (non-hydrogen) atoms. The average molecular weight is 406 g/mol. The minimum Gasteiger partial charge on any atom is -0.504 e. The van der Waals surface area contributed by atoms with E-state index in [1.807, 2.05) is 45.0 Å². The van der Waals surface area contributed by atoms with Crippen LogP contribution in [0.2, 0.25) is 0 Å². The van der Waals surface area contributed by atoms with Crippen LogP contribution < -0.4 is 14.2 Å². The van der Waals surface area contributed by atoms with E-state index in [-0.39, 0.29) is 18.2 Å². The number of rotatable bonds is 8. The molecule has 0 fully saturated rings. The van der Waals surface area contributed by atoms with Crippen molar-refractivity contribution in [1.29, 1.82) is 0 Å². The van der Waals surface area contributed by atoms with Gasteiger partial charge in [-0.3, -0.25) is 4.99 Å². The molecule has 1 aliphatic rings. The van der Waals surface area contributed by atoms with Crippen LogP contribution >= 0.6 is 12.4 Å². The van der Waals surface area contributed by atoms with Gasteiger partial charge in [-0.1, -0.05) is 6.07 Å². The molecule has 5 nitrogen and oxygen atoms in total. The Bertz CT molecular complexity index is 836. The number of aliphatic imine (C=N–C) groups is 1. The second kappa shape index (κ2) is 10.2. The van der Waals surface area contributed by atoms with E-state index >= 15 is 0 Å². The van der Waals surface area contributed by atoms with Crippen molar-refractivity contribution in [2.75, 3.05) is 26.4 Å². The highest BCUT2D eigenvalue weighted by molar-refractivity contribution is 6.04. The summed E-state index contributed by atoms with van der Waals surface area (Å²) in [6.07, 6.45) is 1.53. The van der Waals surface area contributed by atoms with E-state index in [1.54, 1.807) is 6.07 Å². The summed E-state index contributed by atoms with van der Waals surface area (Å²) in [6, 6.07) is 9.71. The molecule has 1 N–H and O–H groups in total. The molecule has 152 valence electrons. The van der Waals surface area contributed by atoms with Gasteiger partial charge in [0.15, 0.2) is 23.0 Å².